The third-order valence-corrected chi connectivity index (χ3v) is 3.20. The predicted molar refractivity (Wildman–Crippen MR) is 54.0 cm³/mol. The fourth-order valence-electron chi connectivity index (χ4n) is 1.66. The zero-order chi connectivity index (χ0) is 9.42. The summed E-state index contributed by atoms with van der Waals surface area (Å²) in [4.78, 5) is 0. The zero-order valence-corrected chi connectivity index (χ0v) is 8.72. The van der Waals surface area contributed by atoms with Crippen molar-refractivity contribution in [3.8, 4) is 0 Å². The Kier molecular flexibility index (Phi) is 2.39. The summed E-state index contributed by atoms with van der Waals surface area (Å²) in [5.41, 5.74) is 6.74. The van der Waals surface area contributed by atoms with E-state index < -0.39 is 0 Å². The van der Waals surface area contributed by atoms with Gasteiger partial charge >= 0.3 is 0 Å². The molecule has 0 aromatic heterocycles. The number of hydrogen-bond donors (Lipinski definition) is 1. The topological polar surface area (TPSA) is 26.0 Å². The Morgan fingerprint density at radius 3 is 2.85 bits per heavy atom. The Labute approximate surface area is 85.3 Å². The van der Waals surface area contributed by atoms with Gasteiger partial charge in [-0.05, 0) is 58.4 Å². The van der Waals surface area contributed by atoms with Crippen molar-refractivity contribution in [2.24, 2.45) is 11.7 Å². The molecule has 0 spiro atoms. The first-order valence-electron chi connectivity index (χ1n) is 4.37. The smallest absolute Gasteiger partial charge is 0.137 e. The highest BCUT2D eigenvalue weighted by atomic mass is 79.9. The Balaban J connectivity index is 2.19. The van der Waals surface area contributed by atoms with Crippen molar-refractivity contribution in [1.82, 2.24) is 0 Å². The first-order chi connectivity index (χ1) is 6.22. The molecular formula is C10H11BrFN. The van der Waals surface area contributed by atoms with Gasteiger partial charge in [0.05, 0.1) is 4.47 Å². The molecule has 1 aromatic carbocycles. The van der Waals surface area contributed by atoms with Gasteiger partial charge in [-0.3, -0.25) is 0 Å². The van der Waals surface area contributed by atoms with Crippen molar-refractivity contribution < 1.29 is 4.39 Å². The third kappa shape index (κ3) is 1.76. The van der Waals surface area contributed by atoms with Crippen LogP contribution in [0.1, 0.15) is 17.9 Å². The lowest BCUT2D eigenvalue weighted by Crippen LogP contribution is -2.01. The molecule has 1 aliphatic rings. The van der Waals surface area contributed by atoms with Crippen LogP contribution in [-0.2, 0) is 0 Å². The highest BCUT2D eigenvalue weighted by Gasteiger charge is 2.36. The van der Waals surface area contributed by atoms with Crippen molar-refractivity contribution >= 4 is 15.9 Å². The predicted octanol–water partition coefficient (Wildman–Crippen LogP) is 2.65. The van der Waals surface area contributed by atoms with Gasteiger partial charge in [-0.25, -0.2) is 4.39 Å². The lowest BCUT2D eigenvalue weighted by Gasteiger charge is -2.00. The molecule has 1 aliphatic carbocycles. The lowest BCUT2D eigenvalue weighted by molar-refractivity contribution is 0.620. The van der Waals surface area contributed by atoms with E-state index in [9.17, 15) is 4.39 Å². The van der Waals surface area contributed by atoms with E-state index in [1.165, 1.54) is 11.6 Å². The highest BCUT2D eigenvalue weighted by Crippen LogP contribution is 2.47. The highest BCUT2D eigenvalue weighted by molar-refractivity contribution is 9.10. The van der Waals surface area contributed by atoms with Crippen LogP contribution < -0.4 is 5.73 Å². The molecule has 70 valence electrons. The quantitative estimate of drug-likeness (QED) is 0.850. The zero-order valence-electron chi connectivity index (χ0n) is 7.13. The van der Waals surface area contributed by atoms with E-state index in [4.69, 9.17) is 5.73 Å². The molecule has 0 radical (unpaired) electrons. The first kappa shape index (κ1) is 9.16. The summed E-state index contributed by atoms with van der Waals surface area (Å²) in [6.07, 6.45) is 1.15. The molecule has 2 atom stereocenters. The number of benzene rings is 1. The minimum absolute atomic E-state index is 0.200. The van der Waals surface area contributed by atoms with Gasteiger partial charge in [-0.15, -0.1) is 0 Å². The van der Waals surface area contributed by atoms with E-state index in [1.54, 1.807) is 0 Å². The third-order valence-electron chi connectivity index (χ3n) is 2.60. The summed E-state index contributed by atoms with van der Waals surface area (Å²) in [6, 6.07) is 5.21. The molecule has 1 fully saturated rings. The largest absolute Gasteiger partial charge is 0.330 e. The summed E-state index contributed by atoms with van der Waals surface area (Å²) in [5, 5.41) is 0. The number of rotatable bonds is 2. The van der Waals surface area contributed by atoms with Gasteiger partial charge < -0.3 is 5.73 Å². The molecule has 13 heavy (non-hydrogen) atoms. The van der Waals surface area contributed by atoms with Crippen molar-refractivity contribution in [3.63, 3.8) is 0 Å². The summed E-state index contributed by atoms with van der Waals surface area (Å²) in [7, 11) is 0. The molecule has 1 aromatic rings. The normalized spacial score (nSPS) is 26.1. The molecule has 2 unspecified atom stereocenters. The van der Waals surface area contributed by atoms with Crippen molar-refractivity contribution in [1.29, 1.82) is 0 Å². The van der Waals surface area contributed by atoms with E-state index in [1.807, 2.05) is 12.1 Å². The summed E-state index contributed by atoms with van der Waals surface area (Å²) >= 11 is 3.18. The van der Waals surface area contributed by atoms with Crippen LogP contribution >= 0.6 is 15.9 Å². The van der Waals surface area contributed by atoms with Gasteiger partial charge in [0.25, 0.3) is 0 Å². The average molecular weight is 244 g/mol. The van der Waals surface area contributed by atoms with E-state index in [0.717, 1.165) is 13.0 Å². The second-order valence-corrected chi connectivity index (χ2v) is 4.37. The number of nitrogens with two attached hydrogens (primary N) is 1. The molecule has 1 saturated carbocycles. The minimum Gasteiger partial charge on any atom is -0.330 e. The van der Waals surface area contributed by atoms with E-state index in [2.05, 4.69) is 15.9 Å². The molecule has 2 N–H and O–H groups in total. The molecule has 0 heterocycles. The molecule has 1 nitrogen and oxygen atoms in total. The second kappa shape index (κ2) is 3.39. The fourth-order valence-corrected chi connectivity index (χ4v) is 2.06. The SMILES string of the molecule is NCC1CC1c1ccc(F)c(Br)c1. The van der Waals surface area contributed by atoms with Gasteiger partial charge in [0, 0.05) is 0 Å². The molecular weight excluding hydrogens is 233 g/mol. The summed E-state index contributed by atoms with van der Waals surface area (Å²) < 4.78 is 13.4. The molecule has 0 amide bonds. The van der Waals surface area contributed by atoms with Crippen LogP contribution in [0.4, 0.5) is 4.39 Å². The first-order valence-corrected chi connectivity index (χ1v) is 5.16. The van der Waals surface area contributed by atoms with Gasteiger partial charge in [0.1, 0.15) is 5.82 Å². The Hall–Kier alpha value is -0.410. The van der Waals surface area contributed by atoms with E-state index in [0.29, 0.717) is 16.3 Å². The summed E-state index contributed by atoms with van der Waals surface area (Å²) in [5.74, 6) is 0.966. The Morgan fingerprint density at radius 2 is 2.31 bits per heavy atom. The van der Waals surface area contributed by atoms with Gasteiger partial charge in [0.15, 0.2) is 0 Å². The molecule has 0 bridgehead atoms. The van der Waals surface area contributed by atoms with Crippen molar-refractivity contribution in [2.75, 3.05) is 6.54 Å². The number of hydrogen-bond acceptors (Lipinski definition) is 1. The fraction of sp³-hybridized carbons (Fsp3) is 0.400. The average Bonchev–Trinajstić information content (AvgIpc) is 2.88. The summed E-state index contributed by atoms with van der Waals surface area (Å²) in [6.45, 7) is 0.736. The van der Waals surface area contributed by atoms with Crippen molar-refractivity contribution in [3.05, 3.63) is 34.1 Å². The second-order valence-electron chi connectivity index (χ2n) is 3.51. The molecule has 3 heteroatoms. The standard InChI is InChI=1S/C10H11BrFN/c11-9-4-6(1-2-10(9)12)8-3-7(8)5-13/h1-2,4,7-8H,3,5,13H2. The molecule has 0 aliphatic heterocycles. The maximum Gasteiger partial charge on any atom is 0.137 e. The van der Waals surface area contributed by atoms with Crippen LogP contribution in [0.2, 0.25) is 0 Å². The molecule has 2 rings (SSSR count). The number of halogens is 2. The van der Waals surface area contributed by atoms with Crippen LogP contribution in [0.15, 0.2) is 22.7 Å². The van der Waals surface area contributed by atoms with Gasteiger partial charge in [-0.2, -0.15) is 0 Å². The lowest BCUT2D eigenvalue weighted by atomic mass is 10.1. The van der Waals surface area contributed by atoms with E-state index in [-0.39, 0.29) is 5.82 Å². The van der Waals surface area contributed by atoms with Crippen LogP contribution in [0.3, 0.4) is 0 Å². The van der Waals surface area contributed by atoms with Crippen LogP contribution in [-0.4, -0.2) is 6.54 Å². The van der Waals surface area contributed by atoms with Crippen LogP contribution in [0, 0.1) is 11.7 Å². The maximum absolute atomic E-state index is 12.9. The maximum atomic E-state index is 12.9. The van der Waals surface area contributed by atoms with Gasteiger partial charge in [0.2, 0.25) is 0 Å². The molecule has 0 saturated heterocycles. The van der Waals surface area contributed by atoms with Gasteiger partial charge in [-0.1, -0.05) is 6.07 Å². The van der Waals surface area contributed by atoms with Crippen LogP contribution in [0.25, 0.3) is 0 Å². The van der Waals surface area contributed by atoms with Crippen molar-refractivity contribution in [2.45, 2.75) is 12.3 Å². The van der Waals surface area contributed by atoms with E-state index >= 15 is 0 Å². The Morgan fingerprint density at radius 1 is 1.54 bits per heavy atom. The Bertz CT molecular complexity index is 327. The minimum atomic E-state index is -0.200. The van der Waals surface area contributed by atoms with Crippen LogP contribution in [0.5, 0.6) is 0 Å². The monoisotopic (exact) mass is 243 g/mol.